The van der Waals surface area contributed by atoms with Crippen molar-refractivity contribution in [3.63, 3.8) is 0 Å². The van der Waals surface area contributed by atoms with Crippen LogP contribution in [0.4, 0.5) is 5.69 Å². The molecule has 6 heteroatoms. The number of rotatable bonds is 3. The number of non-ortho nitro benzene ring substituents is 1. The summed E-state index contributed by atoms with van der Waals surface area (Å²) in [6.07, 6.45) is 0.765. The van der Waals surface area contributed by atoms with Crippen molar-refractivity contribution in [3.8, 4) is 0 Å². The van der Waals surface area contributed by atoms with Crippen LogP contribution in [0.1, 0.15) is 16.8 Å². The molecule has 84 valence electrons. The first-order valence-electron chi connectivity index (χ1n) is 4.89. The van der Waals surface area contributed by atoms with Crippen LogP contribution in [0.25, 0.3) is 0 Å². The Balaban J connectivity index is 2.10. The maximum atomic E-state index is 11.6. The van der Waals surface area contributed by atoms with Gasteiger partial charge in [0.05, 0.1) is 4.92 Å². The predicted octanol–water partition coefficient (Wildman–Crippen LogP) is 0.424. The Morgan fingerprint density at radius 2 is 2.25 bits per heavy atom. The Labute approximate surface area is 91.6 Å². The van der Waals surface area contributed by atoms with Crippen molar-refractivity contribution in [1.82, 2.24) is 5.32 Å². The summed E-state index contributed by atoms with van der Waals surface area (Å²) in [6.45, 7) is 0. The van der Waals surface area contributed by atoms with E-state index in [-0.39, 0.29) is 29.2 Å². The second-order valence-electron chi connectivity index (χ2n) is 3.79. The molecular weight excluding hydrogens is 210 g/mol. The van der Waals surface area contributed by atoms with E-state index in [0.29, 0.717) is 0 Å². The molecule has 0 bridgehead atoms. The molecule has 2 rings (SSSR count). The summed E-state index contributed by atoms with van der Waals surface area (Å²) in [7, 11) is 0. The lowest BCUT2D eigenvalue weighted by atomic mass is 10.2. The lowest BCUT2D eigenvalue weighted by Gasteiger charge is -2.03. The van der Waals surface area contributed by atoms with E-state index in [2.05, 4.69) is 5.32 Å². The van der Waals surface area contributed by atoms with Gasteiger partial charge >= 0.3 is 0 Å². The number of benzene rings is 1. The van der Waals surface area contributed by atoms with Gasteiger partial charge in [-0.15, -0.1) is 0 Å². The number of nitrogens with zero attached hydrogens (tertiary/aromatic N) is 1. The van der Waals surface area contributed by atoms with Crippen LogP contribution in [0.5, 0.6) is 0 Å². The van der Waals surface area contributed by atoms with Crippen molar-refractivity contribution >= 4 is 11.6 Å². The largest absolute Gasteiger partial charge is 0.348 e. The molecule has 0 saturated heterocycles. The highest BCUT2D eigenvalue weighted by Gasteiger charge is 2.34. The van der Waals surface area contributed by atoms with Gasteiger partial charge in [-0.25, -0.2) is 0 Å². The van der Waals surface area contributed by atoms with Gasteiger partial charge in [0.2, 0.25) is 0 Å². The van der Waals surface area contributed by atoms with Crippen molar-refractivity contribution in [2.75, 3.05) is 0 Å². The summed E-state index contributed by atoms with van der Waals surface area (Å²) < 4.78 is 0. The molecule has 1 aromatic rings. The number of hydrogen-bond donors (Lipinski definition) is 2. The maximum Gasteiger partial charge on any atom is 0.270 e. The number of nitrogens with two attached hydrogens (primary N) is 1. The predicted molar refractivity (Wildman–Crippen MR) is 56.9 cm³/mol. The molecule has 3 N–H and O–H groups in total. The molecule has 0 heterocycles. The number of amides is 1. The van der Waals surface area contributed by atoms with Crippen LogP contribution < -0.4 is 11.1 Å². The third-order valence-electron chi connectivity index (χ3n) is 2.48. The van der Waals surface area contributed by atoms with Crippen molar-refractivity contribution in [2.24, 2.45) is 5.73 Å². The molecule has 1 aromatic carbocycles. The lowest BCUT2D eigenvalue weighted by molar-refractivity contribution is -0.384. The van der Waals surface area contributed by atoms with E-state index in [1.54, 1.807) is 0 Å². The minimum Gasteiger partial charge on any atom is -0.348 e. The maximum absolute atomic E-state index is 11.6. The van der Waals surface area contributed by atoms with Gasteiger partial charge in [0.25, 0.3) is 11.6 Å². The Bertz CT molecular complexity index is 447. The summed E-state index contributed by atoms with van der Waals surface area (Å²) in [6, 6.07) is 5.65. The van der Waals surface area contributed by atoms with Gasteiger partial charge in [-0.1, -0.05) is 6.07 Å². The summed E-state index contributed by atoms with van der Waals surface area (Å²) in [4.78, 5) is 21.6. The number of nitrogens with one attached hydrogen (secondary N) is 1. The van der Waals surface area contributed by atoms with Crippen molar-refractivity contribution in [1.29, 1.82) is 0 Å². The van der Waals surface area contributed by atoms with Crippen LogP contribution in [0.3, 0.4) is 0 Å². The molecule has 1 aliphatic carbocycles. The third-order valence-corrected chi connectivity index (χ3v) is 2.48. The van der Waals surface area contributed by atoms with E-state index < -0.39 is 4.92 Å². The fourth-order valence-corrected chi connectivity index (χ4v) is 1.39. The van der Waals surface area contributed by atoms with E-state index in [9.17, 15) is 14.9 Å². The van der Waals surface area contributed by atoms with Crippen LogP contribution >= 0.6 is 0 Å². The standard InChI is InChI=1S/C10H11N3O3/c11-8-5-9(8)12-10(14)6-2-1-3-7(4-6)13(15)16/h1-4,8-9H,5,11H2,(H,12,14). The van der Waals surface area contributed by atoms with E-state index in [0.717, 1.165) is 6.42 Å². The summed E-state index contributed by atoms with van der Waals surface area (Å²) in [5, 5.41) is 13.2. The fraction of sp³-hybridized carbons (Fsp3) is 0.300. The van der Waals surface area contributed by atoms with E-state index in [1.807, 2.05) is 0 Å². The van der Waals surface area contributed by atoms with Crippen molar-refractivity contribution in [3.05, 3.63) is 39.9 Å². The van der Waals surface area contributed by atoms with Crippen LogP contribution in [0.2, 0.25) is 0 Å². The second kappa shape index (κ2) is 3.90. The van der Waals surface area contributed by atoms with E-state index >= 15 is 0 Å². The first-order valence-corrected chi connectivity index (χ1v) is 4.89. The summed E-state index contributed by atoms with van der Waals surface area (Å²) >= 11 is 0. The molecule has 0 aliphatic heterocycles. The number of carbonyl (C=O) groups is 1. The monoisotopic (exact) mass is 221 g/mol. The summed E-state index contributed by atoms with van der Waals surface area (Å²) in [5.74, 6) is -0.318. The van der Waals surface area contributed by atoms with Gasteiger partial charge in [-0.3, -0.25) is 14.9 Å². The molecule has 1 fully saturated rings. The number of nitro benzene ring substituents is 1. The van der Waals surface area contributed by atoms with Crippen molar-refractivity contribution < 1.29 is 9.72 Å². The molecule has 0 radical (unpaired) electrons. The molecule has 2 unspecified atom stereocenters. The Hall–Kier alpha value is -1.95. The van der Waals surface area contributed by atoms with E-state index in [1.165, 1.54) is 24.3 Å². The van der Waals surface area contributed by atoms with Crippen LogP contribution in [-0.2, 0) is 0 Å². The van der Waals surface area contributed by atoms with Crippen LogP contribution in [-0.4, -0.2) is 22.9 Å². The number of hydrogen-bond acceptors (Lipinski definition) is 4. The molecule has 2 atom stereocenters. The summed E-state index contributed by atoms with van der Waals surface area (Å²) in [5.41, 5.74) is 5.74. The first kappa shape index (κ1) is 10.6. The zero-order valence-corrected chi connectivity index (χ0v) is 8.42. The highest BCUT2D eigenvalue weighted by Crippen LogP contribution is 2.19. The normalized spacial score (nSPS) is 22.6. The number of nitro groups is 1. The SMILES string of the molecule is NC1CC1NC(=O)c1cccc([N+](=O)[O-])c1. The third kappa shape index (κ3) is 2.17. The smallest absolute Gasteiger partial charge is 0.270 e. The zero-order valence-electron chi connectivity index (χ0n) is 8.42. The molecule has 6 nitrogen and oxygen atoms in total. The fourth-order valence-electron chi connectivity index (χ4n) is 1.39. The highest BCUT2D eigenvalue weighted by atomic mass is 16.6. The molecule has 1 saturated carbocycles. The molecule has 0 spiro atoms. The van der Waals surface area contributed by atoms with Gasteiger partial charge in [0.1, 0.15) is 0 Å². The van der Waals surface area contributed by atoms with Crippen molar-refractivity contribution in [2.45, 2.75) is 18.5 Å². The molecule has 1 amide bonds. The lowest BCUT2D eigenvalue weighted by Crippen LogP contribution is -2.29. The minimum absolute atomic E-state index is 0.00626. The molecule has 16 heavy (non-hydrogen) atoms. The van der Waals surface area contributed by atoms with Crippen LogP contribution in [0.15, 0.2) is 24.3 Å². The highest BCUT2D eigenvalue weighted by molar-refractivity contribution is 5.95. The zero-order chi connectivity index (χ0) is 11.7. The van der Waals surface area contributed by atoms with Gasteiger partial charge in [0.15, 0.2) is 0 Å². The average molecular weight is 221 g/mol. The van der Waals surface area contributed by atoms with Gasteiger partial charge in [0, 0.05) is 29.8 Å². The molecule has 0 aromatic heterocycles. The number of carbonyl (C=O) groups excluding carboxylic acids is 1. The van der Waals surface area contributed by atoms with Gasteiger partial charge in [-0.2, -0.15) is 0 Å². The second-order valence-corrected chi connectivity index (χ2v) is 3.79. The quantitative estimate of drug-likeness (QED) is 0.571. The Kier molecular flexibility index (Phi) is 2.57. The van der Waals surface area contributed by atoms with E-state index in [4.69, 9.17) is 5.73 Å². The minimum atomic E-state index is -0.528. The Morgan fingerprint density at radius 3 is 2.81 bits per heavy atom. The molecule has 1 aliphatic rings. The van der Waals surface area contributed by atoms with Gasteiger partial charge in [-0.05, 0) is 12.5 Å². The molecular formula is C10H11N3O3. The average Bonchev–Trinajstić information content (AvgIpc) is 2.94. The Morgan fingerprint density at radius 1 is 1.56 bits per heavy atom. The van der Waals surface area contributed by atoms with Crippen LogP contribution in [0, 0.1) is 10.1 Å². The first-order chi connectivity index (χ1) is 7.58. The topological polar surface area (TPSA) is 98.3 Å². The van der Waals surface area contributed by atoms with Gasteiger partial charge < -0.3 is 11.1 Å².